The van der Waals surface area contributed by atoms with E-state index in [2.05, 4.69) is 35.5 Å². The Hall–Kier alpha value is -4.68. The molecule has 0 atom stereocenters. The van der Waals surface area contributed by atoms with E-state index in [1.165, 1.54) is 16.8 Å². The number of rotatable bonds is 5. The number of benzene rings is 2. The van der Waals surface area contributed by atoms with Gasteiger partial charge in [-0.3, -0.25) is 9.48 Å². The zero-order valence-electron chi connectivity index (χ0n) is 18.3. The molecule has 3 heterocycles. The molecule has 2 aromatic carbocycles. The van der Waals surface area contributed by atoms with Gasteiger partial charge in [-0.25, -0.2) is 19.3 Å². The van der Waals surface area contributed by atoms with Crippen LogP contribution < -0.4 is 16.2 Å². The molecule has 2 N–H and O–H groups in total. The van der Waals surface area contributed by atoms with Crippen LogP contribution in [0.15, 0.2) is 64.0 Å². The Balaban J connectivity index is 1.55. The number of hydrogen-bond donors (Lipinski definition) is 2. The van der Waals surface area contributed by atoms with Crippen molar-refractivity contribution in [3.63, 3.8) is 0 Å². The highest BCUT2D eigenvalue weighted by atomic mass is 19.4. The Kier molecular flexibility index (Phi) is 5.23. The zero-order chi connectivity index (χ0) is 24.7. The first-order valence-electron chi connectivity index (χ1n) is 10.3. The van der Waals surface area contributed by atoms with Gasteiger partial charge in [0.25, 0.3) is 5.56 Å². The molecule has 13 heteroatoms. The van der Waals surface area contributed by atoms with Crippen LogP contribution in [0.3, 0.4) is 0 Å². The number of nitrogens with zero attached hydrogens (tertiary/aromatic N) is 6. The fourth-order valence-corrected chi connectivity index (χ4v) is 3.52. The minimum Gasteiger partial charge on any atom is -0.337 e. The molecule has 0 spiro atoms. The molecule has 0 amide bonds. The number of aromatic nitrogens is 6. The van der Waals surface area contributed by atoms with Gasteiger partial charge in [0.2, 0.25) is 11.3 Å². The summed E-state index contributed by atoms with van der Waals surface area (Å²) in [6, 6.07) is 13.5. The van der Waals surface area contributed by atoms with Gasteiger partial charge >= 0.3 is 6.18 Å². The molecule has 0 fully saturated rings. The predicted octanol–water partition coefficient (Wildman–Crippen LogP) is 4.32. The second kappa shape index (κ2) is 8.27. The quantitative estimate of drug-likeness (QED) is 0.381. The van der Waals surface area contributed by atoms with E-state index in [1.807, 2.05) is 18.2 Å². The van der Waals surface area contributed by atoms with Crippen molar-refractivity contribution in [2.75, 3.05) is 10.6 Å². The van der Waals surface area contributed by atoms with E-state index in [-0.39, 0.29) is 34.2 Å². The lowest BCUT2D eigenvalue weighted by atomic mass is 10.2. The molecule has 5 aromatic rings. The summed E-state index contributed by atoms with van der Waals surface area (Å²) in [5.74, 6) is 0.223. The van der Waals surface area contributed by atoms with E-state index in [9.17, 15) is 18.0 Å². The third-order valence-electron chi connectivity index (χ3n) is 5.39. The highest BCUT2D eigenvalue weighted by molar-refractivity contribution is 5.79. The largest absolute Gasteiger partial charge is 0.416 e. The van der Waals surface area contributed by atoms with Gasteiger partial charge in [0.05, 0.1) is 16.9 Å². The molecular weight excluding hydrogens is 465 g/mol. The van der Waals surface area contributed by atoms with Crippen molar-refractivity contribution in [3.8, 4) is 5.69 Å². The maximum atomic E-state index is 13.3. The molecule has 3 aromatic heterocycles. The number of para-hydroxylation sites is 1. The summed E-state index contributed by atoms with van der Waals surface area (Å²) in [6.45, 7) is 1.76. The molecule has 0 bridgehead atoms. The van der Waals surface area contributed by atoms with Crippen molar-refractivity contribution in [1.29, 1.82) is 0 Å². The van der Waals surface area contributed by atoms with Crippen LogP contribution in [0.1, 0.15) is 11.3 Å². The third-order valence-corrected chi connectivity index (χ3v) is 5.39. The average molecular weight is 482 g/mol. The lowest BCUT2D eigenvalue weighted by Crippen LogP contribution is -2.20. The Morgan fingerprint density at radius 2 is 1.49 bits per heavy atom. The van der Waals surface area contributed by atoms with E-state index in [0.29, 0.717) is 17.1 Å². The summed E-state index contributed by atoms with van der Waals surface area (Å²) in [5.41, 5.74) is 0.872. The molecule has 0 saturated carbocycles. The van der Waals surface area contributed by atoms with Crippen LogP contribution in [0.2, 0.25) is 0 Å². The zero-order valence-corrected chi connectivity index (χ0v) is 18.3. The topological polar surface area (TPSA) is 116 Å². The molecule has 178 valence electrons. The highest BCUT2D eigenvalue weighted by Gasteiger charge is 2.30. The molecule has 0 radical (unpaired) electrons. The van der Waals surface area contributed by atoms with Crippen LogP contribution in [0.25, 0.3) is 17.0 Å². The van der Waals surface area contributed by atoms with Crippen LogP contribution in [-0.4, -0.2) is 29.6 Å². The average Bonchev–Trinajstić information content (AvgIpc) is 3.37. The second-order valence-electron chi connectivity index (χ2n) is 7.59. The molecule has 0 aliphatic carbocycles. The number of nitrogens with one attached hydrogen (secondary N) is 2. The van der Waals surface area contributed by atoms with Gasteiger partial charge in [0.15, 0.2) is 11.6 Å². The smallest absolute Gasteiger partial charge is 0.337 e. The van der Waals surface area contributed by atoms with Gasteiger partial charge < -0.3 is 10.6 Å². The van der Waals surface area contributed by atoms with E-state index in [4.69, 9.17) is 0 Å². The summed E-state index contributed by atoms with van der Waals surface area (Å²) in [7, 11) is 1.74. The molecule has 35 heavy (non-hydrogen) atoms. The van der Waals surface area contributed by atoms with Crippen LogP contribution >= 0.6 is 0 Å². The Bertz CT molecular complexity index is 1570. The van der Waals surface area contributed by atoms with Crippen LogP contribution in [0, 0.1) is 6.92 Å². The van der Waals surface area contributed by atoms with Crippen molar-refractivity contribution >= 4 is 34.3 Å². The highest BCUT2D eigenvalue weighted by Crippen LogP contribution is 2.32. The molecule has 0 aliphatic heterocycles. The predicted molar refractivity (Wildman–Crippen MR) is 121 cm³/mol. The lowest BCUT2D eigenvalue weighted by Gasteiger charge is -2.12. The number of fused-ring (bicyclic) bond motifs is 1. The normalized spacial score (nSPS) is 11.7. The van der Waals surface area contributed by atoms with Crippen molar-refractivity contribution < 1.29 is 17.8 Å². The van der Waals surface area contributed by atoms with Crippen molar-refractivity contribution in [1.82, 2.24) is 29.6 Å². The van der Waals surface area contributed by atoms with Gasteiger partial charge in [-0.1, -0.05) is 18.2 Å². The van der Waals surface area contributed by atoms with Crippen molar-refractivity contribution in [3.05, 3.63) is 76.2 Å². The number of halogens is 3. The fraction of sp³-hybridized carbons (Fsp3) is 0.136. The number of hydrogen-bond acceptors (Lipinski definition) is 8. The van der Waals surface area contributed by atoms with E-state index < -0.39 is 11.7 Å². The Morgan fingerprint density at radius 3 is 2.09 bits per heavy atom. The first-order valence-corrected chi connectivity index (χ1v) is 10.3. The summed E-state index contributed by atoms with van der Waals surface area (Å²) < 4.78 is 46.6. The van der Waals surface area contributed by atoms with E-state index in [1.54, 1.807) is 30.8 Å². The maximum absolute atomic E-state index is 13.3. The molecular formula is C22H17F3N8O2. The molecule has 0 saturated heterocycles. The van der Waals surface area contributed by atoms with Gasteiger partial charge in [-0.2, -0.15) is 13.2 Å². The summed E-state index contributed by atoms with van der Waals surface area (Å²) in [5, 5.41) is 13.3. The Labute approximate surface area is 195 Å². The summed E-state index contributed by atoms with van der Waals surface area (Å²) in [4.78, 5) is 21.9. The van der Waals surface area contributed by atoms with E-state index in [0.717, 1.165) is 12.1 Å². The van der Waals surface area contributed by atoms with Gasteiger partial charge in [0.1, 0.15) is 5.69 Å². The number of anilines is 4. The molecule has 0 unspecified atom stereocenters. The first-order chi connectivity index (χ1) is 16.7. The van der Waals surface area contributed by atoms with Crippen molar-refractivity contribution in [2.45, 2.75) is 13.1 Å². The third kappa shape index (κ3) is 4.07. The molecule has 0 aliphatic rings. The Morgan fingerprint density at radius 1 is 0.886 bits per heavy atom. The standard InChI is InChI=1S/C22H17F3N8O2/c1-12-16(21(34)33(32(12)2)15-6-4-3-5-7-15)27-18-17(28-19-20(29-18)31-35-30-19)26-14-10-8-13(9-11-14)22(23,24)25/h3-11H,1-2H3,(H,26,28,30)(H,27,29,31). The molecule has 5 rings (SSSR count). The van der Waals surface area contributed by atoms with Gasteiger partial charge in [0, 0.05) is 12.7 Å². The lowest BCUT2D eigenvalue weighted by molar-refractivity contribution is -0.137. The van der Waals surface area contributed by atoms with Crippen LogP contribution in [0.4, 0.5) is 36.2 Å². The van der Waals surface area contributed by atoms with Gasteiger partial charge in [-0.05, 0) is 53.6 Å². The van der Waals surface area contributed by atoms with Crippen LogP contribution in [0.5, 0.6) is 0 Å². The second-order valence-corrected chi connectivity index (χ2v) is 7.59. The fourth-order valence-electron chi connectivity index (χ4n) is 3.52. The first kappa shape index (κ1) is 22.1. The van der Waals surface area contributed by atoms with E-state index >= 15 is 0 Å². The van der Waals surface area contributed by atoms with Crippen LogP contribution in [-0.2, 0) is 13.2 Å². The summed E-state index contributed by atoms with van der Waals surface area (Å²) in [6.07, 6.45) is -4.46. The minimum atomic E-state index is -4.46. The van der Waals surface area contributed by atoms with Crippen molar-refractivity contribution in [2.24, 2.45) is 7.05 Å². The van der Waals surface area contributed by atoms with Gasteiger partial charge in [-0.15, -0.1) is 0 Å². The maximum Gasteiger partial charge on any atom is 0.416 e. The monoisotopic (exact) mass is 482 g/mol. The summed E-state index contributed by atoms with van der Waals surface area (Å²) >= 11 is 0. The SMILES string of the molecule is Cc1c(Nc2nc3nonc3nc2Nc2ccc(C(F)(F)F)cc2)c(=O)n(-c2ccccc2)n1C. The number of alkyl halides is 3. The minimum absolute atomic E-state index is 0.0800. The molecule has 10 nitrogen and oxygen atoms in total.